The third kappa shape index (κ3) is 2.84. The maximum Gasteiger partial charge on any atom is 0.209 e. The number of aromatic nitrogens is 1. The van der Waals surface area contributed by atoms with E-state index in [2.05, 4.69) is 23.2 Å². The minimum Gasteiger partial charge on any atom is -0.345 e. The number of hydrogen-bond acceptors (Lipinski definition) is 3. The molecule has 1 atom stereocenters. The number of rotatable bonds is 3. The number of amides is 1. The zero-order valence-corrected chi connectivity index (χ0v) is 12.5. The summed E-state index contributed by atoms with van der Waals surface area (Å²) in [6.07, 6.45) is 1.87. The highest BCUT2D eigenvalue weighted by Gasteiger charge is 2.24. The van der Waals surface area contributed by atoms with Crippen molar-refractivity contribution in [2.75, 3.05) is 13.1 Å². The Labute approximate surface area is 130 Å². The molecule has 0 N–H and O–H groups in total. The second-order valence-electron chi connectivity index (χ2n) is 5.70. The first kappa shape index (κ1) is 14.3. The van der Waals surface area contributed by atoms with E-state index in [1.165, 1.54) is 0 Å². The molecule has 0 spiro atoms. The van der Waals surface area contributed by atoms with Gasteiger partial charge in [0, 0.05) is 30.4 Å². The molecular formula is C18H17N3O. The normalized spacial score (nSPS) is 17.3. The fourth-order valence-electron chi connectivity index (χ4n) is 2.93. The maximum absolute atomic E-state index is 10.9. The zero-order chi connectivity index (χ0) is 15.5. The molecule has 1 aliphatic rings. The van der Waals surface area contributed by atoms with E-state index in [-0.39, 0.29) is 0 Å². The monoisotopic (exact) mass is 291 g/mol. The summed E-state index contributed by atoms with van der Waals surface area (Å²) in [5.41, 5.74) is 4.87. The summed E-state index contributed by atoms with van der Waals surface area (Å²) in [7, 11) is 0. The van der Waals surface area contributed by atoms with Crippen LogP contribution in [0.25, 0.3) is 11.1 Å². The highest BCUT2D eigenvalue weighted by atomic mass is 16.1. The number of benzene rings is 1. The van der Waals surface area contributed by atoms with Crippen molar-refractivity contribution in [1.29, 1.82) is 5.26 Å². The van der Waals surface area contributed by atoms with Crippen LogP contribution in [0.2, 0.25) is 0 Å². The topological polar surface area (TPSA) is 57.0 Å². The molecule has 22 heavy (non-hydrogen) atoms. The van der Waals surface area contributed by atoms with E-state index in [1.54, 1.807) is 4.90 Å². The molecule has 110 valence electrons. The first-order chi connectivity index (χ1) is 10.7. The average Bonchev–Trinajstić information content (AvgIpc) is 3.03. The van der Waals surface area contributed by atoms with Crippen LogP contribution in [-0.2, 0) is 4.79 Å². The number of aryl methyl sites for hydroxylation is 1. The minimum atomic E-state index is 0.308. The van der Waals surface area contributed by atoms with Gasteiger partial charge in [-0.2, -0.15) is 5.26 Å². The summed E-state index contributed by atoms with van der Waals surface area (Å²) in [5.74, 6) is 0.308. The molecule has 1 aliphatic heterocycles. The van der Waals surface area contributed by atoms with E-state index in [9.17, 15) is 4.79 Å². The lowest BCUT2D eigenvalue weighted by Crippen LogP contribution is -2.17. The molecule has 1 aromatic carbocycles. The summed E-state index contributed by atoms with van der Waals surface area (Å²) in [5, 5.41) is 8.89. The molecule has 0 aliphatic carbocycles. The minimum absolute atomic E-state index is 0.308. The first-order valence-corrected chi connectivity index (χ1v) is 7.38. The first-order valence-electron chi connectivity index (χ1n) is 7.38. The van der Waals surface area contributed by atoms with E-state index in [0.29, 0.717) is 11.5 Å². The van der Waals surface area contributed by atoms with Gasteiger partial charge in [0.05, 0.1) is 11.6 Å². The third-order valence-corrected chi connectivity index (χ3v) is 4.11. The largest absolute Gasteiger partial charge is 0.345 e. The molecule has 1 fully saturated rings. The summed E-state index contributed by atoms with van der Waals surface area (Å²) in [4.78, 5) is 17.3. The maximum atomic E-state index is 10.9. The van der Waals surface area contributed by atoms with Crippen molar-refractivity contribution in [2.24, 2.45) is 0 Å². The summed E-state index contributed by atoms with van der Waals surface area (Å²) >= 11 is 0. The number of nitrogens with zero attached hydrogens (tertiary/aromatic N) is 3. The molecular weight excluding hydrogens is 274 g/mol. The molecule has 1 amide bonds. The Bertz CT molecular complexity index is 731. The van der Waals surface area contributed by atoms with Crippen LogP contribution in [-0.4, -0.2) is 29.4 Å². The SMILES string of the molecule is Cc1cc(-c2ccc(C#N)cc2)cc(C2CCN(C=O)C2)n1. The van der Waals surface area contributed by atoms with Crippen LogP contribution in [0.3, 0.4) is 0 Å². The van der Waals surface area contributed by atoms with Gasteiger partial charge in [-0.05, 0) is 48.7 Å². The van der Waals surface area contributed by atoms with E-state index < -0.39 is 0 Å². The fraction of sp³-hybridized carbons (Fsp3) is 0.278. The van der Waals surface area contributed by atoms with Crippen LogP contribution in [0.4, 0.5) is 0 Å². The average molecular weight is 291 g/mol. The quantitative estimate of drug-likeness (QED) is 0.817. The van der Waals surface area contributed by atoms with Gasteiger partial charge in [-0.15, -0.1) is 0 Å². The van der Waals surface area contributed by atoms with Crippen LogP contribution in [0, 0.1) is 18.3 Å². The Kier molecular flexibility index (Phi) is 3.88. The van der Waals surface area contributed by atoms with Gasteiger partial charge in [-0.3, -0.25) is 9.78 Å². The molecule has 1 aromatic heterocycles. The molecule has 0 bridgehead atoms. The van der Waals surface area contributed by atoms with Gasteiger partial charge in [-0.1, -0.05) is 12.1 Å². The predicted octanol–water partition coefficient (Wildman–Crippen LogP) is 2.87. The molecule has 2 heterocycles. The molecule has 3 rings (SSSR count). The van der Waals surface area contributed by atoms with Gasteiger partial charge >= 0.3 is 0 Å². The Hall–Kier alpha value is -2.67. The van der Waals surface area contributed by atoms with Crippen molar-refractivity contribution in [1.82, 2.24) is 9.88 Å². The van der Waals surface area contributed by atoms with Crippen LogP contribution in [0.15, 0.2) is 36.4 Å². The fourth-order valence-corrected chi connectivity index (χ4v) is 2.93. The number of carbonyl (C=O) groups excluding carboxylic acids is 1. The lowest BCUT2D eigenvalue weighted by atomic mass is 9.98. The number of carbonyl (C=O) groups is 1. The second kappa shape index (κ2) is 5.98. The van der Waals surface area contributed by atoms with Crippen LogP contribution < -0.4 is 0 Å². The van der Waals surface area contributed by atoms with Gasteiger partial charge in [0.1, 0.15) is 0 Å². The van der Waals surface area contributed by atoms with Gasteiger partial charge < -0.3 is 4.90 Å². The van der Waals surface area contributed by atoms with Gasteiger partial charge in [0.15, 0.2) is 0 Å². The number of likely N-dealkylation sites (tertiary alicyclic amines) is 1. The highest BCUT2D eigenvalue weighted by molar-refractivity contribution is 5.65. The standard InChI is InChI=1S/C18H17N3O/c1-13-8-17(15-4-2-14(10-19)3-5-15)9-18(20-13)16-6-7-21(11-16)12-22/h2-5,8-9,12,16H,6-7,11H2,1H3. The molecule has 1 unspecified atom stereocenters. The molecule has 1 saturated heterocycles. The Morgan fingerprint density at radius 2 is 2.05 bits per heavy atom. The van der Waals surface area contributed by atoms with Crippen molar-refractivity contribution in [3.8, 4) is 17.2 Å². The number of nitriles is 1. The lowest BCUT2D eigenvalue weighted by molar-refractivity contribution is -0.117. The number of hydrogen-bond donors (Lipinski definition) is 0. The van der Waals surface area contributed by atoms with Gasteiger partial charge in [-0.25, -0.2) is 0 Å². The molecule has 4 heteroatoms. The highest BCUT2D eigenvalue weighted by Crippen LogP contribution is 2.29. The molecule has 0 radical (unpaired) electrons. The van der Waals surface area contributed by atoms with E-state index in [4.69, 9.17) is 5.26 Å². The second-order valence-corrected chi connectivity index (χ2v) is 5.70. The van der Waals surface area contributed by atoms with E-state index >= 15 is 0 Å². The Balaban J connectivity index is 1.92. The smallest absolute Gasteiger partial charge is 0.209 e. The van der Waals surface area contributed by atoms with Crippen LogP contribution in [0.1, 0.15) is 29.3 Å². The third-order valence-electron chi connectivity index (χ3n) is 4.11. The zero-order valence-electron chi connectivity index (χ0n) is 12.5. The summed E-state index contributed by atoms with van der Waals surface area (Å²) < 4.78 is 0. The van der Waals surface area contributed by atoms with E-state index in [1.807, 2.05) is 31.2 Å². The molecule has 2 aromatic rings. The summed E-state index contributed by atoms with van der Waals surface area (Å²) in [6.45, 7) is 3.53. The van der Waals surface area contributed by atoms with Gasteiger partial charge in [0.25, 0.3) is 0 Å². The predicted molar refractivity (Wildman–Crippen MR) is 84.1 cm³/mol. The van der Waals surface area contributed by atoms with Crippen LogP contribution in [0.5, 0.6) is 0 Å². The van der Waals surface area contributed by atoms with Crippen molar-refractivity contribution in [3.05, 3.63) is 53.3 Å². The Morgan fingerprint density at radius 1 is 1.27 bits per heavy atom. The van der Waals surface area contributed by atoms with Crippen molar-refractivity contribution < 1.29 is 4.79 Å². The van der Waals surface area contributed by atoms with Crippen molar-refractivity contribution >= 4 is 6.41 Å². The Morgan fingerprint density at radius 3 is 2.68 bits per heavy atom. The van der Waals surface area contributed by atoms with Crippen LogP contribution >= 0.6 is 0 Å². The molecule has 4 nitrogen and oxygen atoms in total. The lowest BCUT2D eigenvalue weighted by Gasteiger charge is -2.13. The summed E-state index contributed by atoms with van der Waals surface area (Å²) in [6, 6.07) is 13.9. The van der Waals surface area contributed by atoms with E-state index in [0.717, 1.165) is 48.4 Å². The van der Waals surface area contributed by atoms with Crippen molar-refractivity contribution in [2.45, 2.75) is 19.3 Å². The number of pyridine rings is 1. The molecule has 0 saturated carbocycles. The van der Waals surface area contributed by atoms with Crippen molar-refractivity contribution in [3.63, 3.8) is 0 Å². The van der Waals surface area contributed by atoms with Gasteiger partial charge in [0.2, 0.25) is 6.41 Å².